The minimum Gasteiger partial charge on any atom is -0.379 e. The van der Waals surface area contributed by atoms with Gasteiger partial charge in [0, 0.05) is 31.5 Å². The number of fused-ring (bicyclic) bond motifs is 2. The number of carbonyl (C=O) groups is 1. The normalized spacial score (nSPS) is 41.1. The van der Waals surface area contributed by atoms with Crippen molar-refractivity contribution in [2.24, 2.45) is 16.7 Å². The van der Waals surface area contributed by atoms with E-state index in [4.69, 9.17) is 4.74 Å². The number of carbonyl (C=O) groups excluding carboxylic acids is 1. The summed E-state index contributed by atoms with van der Waals surface area (Å²) < 4.78 is 5.39. The molecular formula is C14H23NO2. The van der Waals surface area contributed by atoms with E-state index in [1.54, 1.807) is 0 Å². The van der Waals surface area contributed by atoms with E-state index >= 15 is 0 Å². The number of hydrogen-bond donors (Lipinski definition) is 0. The van der Waals surface area contributed by atoms with Crippen molar-refractivity contribution in [2.45, 2.75) is 33.1 Å². The van der Waals surface area contributed by atoms with E-state index in [1.807, 2.05) is 0 Å². The van der Waals surface area contributed by atoms with Gasteiger partial charge in [0.15, 0.2) is 0 Å². The minimum absolute atomic E-state index is 0.0466. The summed E-state index contributed by atoms with van der Waals surface area (Å²) in [5.74, 6) is 1.17. The average molecular weight is 237 g/mol. The van der Waals surface area contributed by atoms with Crippen LogP contribution >= 0.6 is 0 Å². The third-order valence-electron chi connectivity index (χ3n) is 5.74. The van der Waals surface area contributed by atoms with Crippen molar-refractivity contribution in [2.75, 3.05) is 32.8 Å². The highest BCUT2D eigenvalue weighted by atomic mass is 16.5. The van der Waals surface area contributed by atoms with Crippen molar-refractivity contribution >= 4 is 5.78 Å². The highest BCUT2D eigenvalue weighted by Crippen LogP contribution is 2.64. The first-order valence-electron chi connectivity index (χ1n) is 6.90. The summed E-state index contributed by atoms with van der Waals surface area (Å²) in [6.07, 6.45) is 3.20. The van der Waals surface area contributed by atoms with E-state index in [0.29, 0.717) is 11.7 Å². The second kappa shape index (κ2) is 3.79. The topological polar surface area (TPSA) is 29.5 Å². The molecule has 0 radical (unpaired) electrons. The third kappa shape index (κ3) is 1.52. The maximum absolute atomic E-state index is 12.4. The predicted molar refractivity (Wildman–Crippen MR) is 65.8 cm³/mol. The van der Waals surface area contributed by atoms with Crippen LogP contribution in [0.4, 0.5) is 0 Å². The zero-order valence-corrected chi connectivity index (χ0v) is 11.0. The molecule has 0 amide bonds. The number of Topliss-reactive ketones (excluding diaryl/α,β-unsaturated/α-hetero) is 1. The quantitative estimate of drug-likeness (QED) is 0.732. The summed E-state index contributed by atoms with van der Waals surface area (Å²) in [6.45, 7) is 9.25. The Kier molecular flexibility index (Phi) is 2.60. The molecule has 2 saturated carbocycles. The van der Waals surface area contributed by atoms with Crippen molar-refractivity contribution in [1.29, 1.82) is 0 Å². The SMILES string of the molecule is CC1(C)C2CCC1(CN1CCOCC1)C(=O)C2. The molecule has 2 unspecified atom stereocenters. The standard InChI is InChI=1S/C14H23NO2/c1-13(2)11-3-4-14(13,12(16)9-11)10-15-5-7-17-8-6-15/h11H,3-10H2,1-2H3. The molecule has 96 valence electrons. The van der Waals surface area contributed by atoms with Crippen molar-refractivity contribution < 1.29 is 9.53 Å². The Morgan fingerprint density at radius 2 is 2.06 bits per heavy atom. The van der Waals surface area contributed by atoms with Gasteiger partial charge in [0.2, 0.25) is 0 Å². The molecule has 1 aliphatic heterocycles. The first-order valence-corrected chi connectivity index (χ1v) is 6.90. The monoisotopic (exact) mass is 237 g/mol. The summed E-state index contributed by atoms with van der Waals surface area (Å²) in [5.41, 5.74) is 0.164. The fourth-order valence-electron chi connectivity index (χ4n) is 4.28. The first-order chi connectivity index (χ1) is 8.06. The zero-order chi connectivity index (χ0) is 12.1. The van der Waals surface area contributed by atoms with Crippen LogP contribution in [-0.2, 0) is 9.53 Å². The molecule has 2 aliphatic carbocycles. The van der Waals surface area contributed by atoms with Gasteiger partial charge in [-0.25, -0.2) is 0 Å². The lowest BCUT2D eigenvalue weighted by Crippen LogP contribution is -2.49. The summed E-state index contributed by atoms with van der Waals surface area (Å²) >= 11 is 0. The molecule has 0 N–H and O–H groups in total. The van der Waals surface area contributed by atoms with Gasteiger partial charge < -0.3 is 4.74 Å². The van der Waals surface area contributed by atoms with Crippen LogP contribution in [0.25, 0.3) is 0 Å². The van der Waals surface area contributed by atoms with Gasteiger partial charge in [0.25, 0.3) is 0 Å². The summed E-state index contributed by atoms with van der Waals surface area (Å²) in [7, 11) is 0. The maximum atomic E-state index is 12.4. The summed E-state index contributed by atoms with van der Waals surface area (Å²) in [5, 5.41) is 0. The molecule has 1 heterocycles. The van der Waals surface area contributed by atoms with Crippen LogP contribution in [0.5, 0.6) is 0 Å². The van der Waals surface area contributed by atoms with Gasteiger partial charge in [0.1, 0.15) is 5.78 Å². The molecule has 3 heteroatoms. The molecule has 2 bridgehead atoms. The van der Waals surface area contributed by atoms with Gasteiger partial charge in [0.05, 0.1) is 13.2 Å². The van der Waals surface area contributed by atoms with E-state index in [0.717, 1.165) is 45.7 Å². The van der Waals surface area contributed by atoms with Gasteiger partial charge in [-0.05, 0) is 24.2 Å². The Bertz CT molecular complexity index is 333. The molecular weight excluding hydrogens is 214 g/mol. The van der Waals surface area contributed by atoms with Crippen molar-refractivity contribution in [3.8, 4) is 0 Å². The Morgan fingerprint density at radius 3 is 2.59 bits per heavy atom. The van der Waals surface area contributed by atoms with Gasteiger partial charge in [-0.2, -0.15) is 0 Å². The Morgan fingerprint density at radius 1 is 1.35 bits per heavy atom. The number of nitrogens with zero attached hydrogens (tertiary/aromatic N) is 1. The fraction of sp³-hybridized carbons (Fsp3) is 0.929. The smallest absolute Gasteiger partial charge is 0.141 e. The second-order valence-corrected chi connectivity index (χ2v) is 6.56. The van der Waals surface area contributed by atoms with Crippen LogP contribution in [0.1, 0.15) is 33.1 Å². The second-order valence-electron chi connectivity index (χ2n) is 6.56. The highest BCUT2D eigenvalue weighted by Gasteiger charge is 2.64. The van der Waals surface area contributed by atoms with E-state index in [1.165, 1.54) is 6.42 Å². The molecule has 2 atom stereocenters. The lowest BCUT2D eigenvalue weighted by Gasteiger charge is -2.41. The maximum Gasteiger partial charge on any atom is 0.141 e. The van der Waals surface area contributed by atoms with Crippen molar-refractivity contribution in [1.82, 2.24) is 4.90 Å². The third-order valence-corrected chi connectivity index (χ3v) is 5.74. The van der Waals surface area contributed by atoms with Crippen LogP contribution in [0.2, 0.25) is 0 Å². The number of ketones is 1. The van der Waals surface area contributed by atoms with Gasteiger partial charge >= 0.3 is 0 Å². The van der Waals surface area contributed by atoms with Crippen molar-refractivity contribution in [3.63, 3.8) is 0 Å². The molecule has 3 fully saturated rings. The van der Waals surface area contributed by atoms with Crippen LogP contribution in [0, 0.1) is 16.7 Å². The number of ether oxygens (including phenoxy) is 1. The van der Waals surface area contributed by atoms with Crippen molar-refractivity contribution in [3.05, 3.63) is 0 Å². The molecule has 3 aliphatic rings. The van der Waals surface area contributed by atoms with E-state index in [9.17, 15) is 4.79 Å². The van der Waals surface area contributed by atoms with Gasteiger partial charge in [-0.1, -0.05) is 13.8 Å². The molecule has 0 spiro atoms. The number of morpholine rings is 1. The van der Waals surface area contributed by atoms with Gasteiger partial charge in [-0.3, -0.25) is 9.69 Å². The lowest BCUT2D eigenvalue weighted by molar-refractivity contribution is -0.131. The van der Waals surface area contributed by atoms with Gasteiger partial charge in [-0.15, -0.1) is 0 Å². The summed E-state index contributed by atoms with van der Waals surface area (Å²) in [6, 6.07) is 0. The predicted octanol–water partition coefficient (Wildman–Crippen LogP) is 1.71. The van der Waals surface area contributed by atoms with Crippen LogP contribution in [0.3, 0.4) is 0 Å². The highest BCUT2D eigenvalue weighted by molar-refractivity contribution is 5.90. The fourth-order valence-corrected chi connectivity index (χ4v) is 4.28. The van der Waals surface area contributed by atoms with E-state index in [2.05, 4.69) is 18.7 Å². The average Bonchev–Trinajstić information content (AvgIpc) is 2.64. The molecule has 3 nitrogen and oxygen atoms in total. The summed E-state index contributed by atoms with van der Waals surface area (Å²) in [4.78, 5) is 14.8. The van der Waals surface area contributed by atoms with E-state index in [-0.39, 0.29) is 10.8 Å². The Balaban J connectivity index is 1.81. The van der Waals surface area contributed by atoms with Crippen LogP contribution in [-0.4, -0.2) is 43.5 Å². The molecule has 0 aromatic rings. The molecule has 1 saturated heterocycles. The molecule has 17 heavy (non-hydrogen) atoms. The van der Waals surface area contributed by atoms with Crippen LogP contribution in [0.15, 0.2) is 0 Å². The molecule has 0 aromatic carbocycles. The zero-order valence-electron chi connectivity index (χ0n) is 11.0. The van der Waals surface area contributed by atoms with E-state index < -0.39 is 0 Å². The van der Waals surface area contributed by atoms with Crippen LogP contribution < -0.4 is 0 Å². The largest absolute Gasteiger partial charge is 0.379 e. The lowest BCUT2D eigenvalue weighted by atomic mass is 9.68. The minimum atomic E-state index is -0.0466. The Labute approximate surface area is 104 Å². The molecule has 0 aromatic heterocycles. The number of rotatable bonds is 2. The number of hydrogen-bond acceptors (Lipinski definition) is 3. The Hall–Kier alpha value is -0.410. The molecule has 3 rings (SSSR count). The first kappa shape index (κ1) is 11.7.